The summed E-state index contributed by atoms with van der Waals surface area (Å²) in [5.41, 5.74) is 1.10. The zero-order chi connectivity index (χ0) is 18.4. The number of carbonyl (C=O) groups is 2. The van der Waals surface area contributed by atoms with Crippen molar-refractivity contribution in [2.45, 2.75) is 26.3 Å². The van der Waals surface area contributed by atoms with E-state index in [2.05, 4.69) is 15.6 Å². The van der Waals surface area contributed by atoms with Crippen LogP contribution in [0.1, 0.15) is 26.5 Å². The standard InChI is InChI=1S/C18H20FN3O2S/c1-18(2,3)22-16(24)10-20-15(23)9-8-14-11-25-17(21-14)12-4-6-13(19)7-5-12/h4-9,11H,10H2,1-3H3,(H,20,23)(H,22,24)/b9-8+. The smallest absolute Gasteiger partial charge is 0.244 e. The lowest BCUT2D eigenvalue weighted by atomic mass is 10.1. The lowest BCUT2D eigenvalue weighted by molar-refractivity contribution is -0.124. The Balaban J connectivity index is 1.88. The Morgan fingerprint density at radius 3 is 2.56 bits per heavy atom. The maximum atomic E-state index is 12.9. The van der Waals surface area contributed by atoms with Gasteiger partial charge in [-0.3, -0.25) is 9.59 Å². The monoisotopic (exact) mass is 361 g/mol. The second-order valence-corrected chi connectivity index (χ2v) is 7.29. The van der Waals surface area contributed by atoms with Crippen LogP contribution in [0.15, 0.2) is 35.7 Å². The van der Waals surface area contributed by atoms with Gasteiger partial charge in [-0.25, -0.2) is 9.37 Å². The zero-order valence-corrected chi connectivity index (χ0v) is 15.1. The SMILES string of the molecule is CC(C)(C)NC(=O)CNC(=O)/C=C/c1csc(-c2ccc(F)cc2)n1. The summed E-state index contributed by atoms with van der Waals surface area (Å²) >= 11 is 1.40. The summed E-state index contributed by atoms with van der Waals surface area (Å²) in [5.74, 6) is -0.922. The van der Waals surface area contributed by atoms with Gasteiger partial charge in [0.25, 0.3) is 0 Å². The molecule has 0 aliphatic carbocycles. The quantitative estimate of drug-likeness (QED) is 0.804. The molecule has 132 valence electrons. The molecule has 0 saturated carbocycles. The van der Waals surface area contributed by atoms with Crippen LogP contribution in [0.3, 0.4) is 0 Å². The fourth-order valence-corrected chi connectivity index (χ4v) is 2.73. The van der Waals surface area contributed by atoms with Crippen LogP contribution >= 0.6 is 11.3 Å². The summed E-state index contributed by atoms with van der Waals surface area (Å²) in [5, 5.41) is 7.82. The summed E-state index contributed by atoms with van der Waals surface area (Å²) < 4.78 is 12.9. The Morgan fingerprint density at radius 2 is 1.92 bits per heavy atom. The van der Waals surface area contributed by atoms with E-state index >= 15 is 0 Å². The first-order chi connectivity index (χ1) is 11.7. The third-order valence-electron chi connectivity index (χ3n) is 2.96. The van der Waals surface area contributed by atoms with Crippen molar-refractivity contribution in [3.8, 4) is 10.6 Å². The molecule has 0 bridgehead atoms. The minimum Gasteiger partial charge on any atom is -0.350 e. The Kier molecular flexibility index (Phi) is 6.03. The van der Waals surface area contributed by atoms with E-state index in [9.17, 15) is 14.0 Å². The highest BCUT2D eigenvalue weighted by Crippen LogP contribution is 2.24. The Morgan fingerprint density at radius 1 is 1.24 bits per heavy atom. The fourth-order valence-electron chi connectivity index (χ4n) is 1.94. The van der Waals surface area contributed by atoms with E-state index in [0.29, 0.717) is 5.69 Å². The molecule has 0 spiro atoms. The average Bonchev–Trinajstić information content (AvgIpc) is 2.99. The number of rotatable bonds is 5. The normalized spacial score (nSPS) is 11.5. The predicted octanol–water partition coefficient (Wildman–Crippen LogP) is 2.99. The molecule has 1 heterocycles. The molecule has 1 aromatic heterocycles. The highest BCUT2D eigenvalue weighted by atomic mass is 32.1. The predicted molar refractivity (Wildman–Crippen MR) is 97.4 cm³/mol. The topological polar surface area (TPSA) is 71.1 Å². The maximum absolute atomic E-state index is 12.9. The van der Waals surface area contributed by atoms with Crippen molar-refractivity contribution in [2.24, 2.45) is 0 Å². The number of nitrogens with zero attached hydrogens (tertiary/aromatic N) is 1. The van der Waals surface area contributed by atoms with E-state index in [1.165, 1.54) is 29.5 Å². The first-order valence-electron chi connectivity index (χ1n) is 7.71. The molecule has 2 N–H and O–H groups in total. The number of benzene rings is 1. The van der Waals surface area contributed by atoms with Gasteiger partial charge in [0.15, 0.2) is 0 Å². The molecule has 0 aliphatic heterocycles. The van der Waals surface area contributed by atoms with Gasteiger partial charge in [-0.15, -0.1) is 11.3 Å². The first kappa shape index (κ1) is 18.8. The largest absolute Gasteiger partial charge is 0.350 e. The molecule has 0 unspecified atom stereocenters. The van der Waals surface area contributed by atoms with E-state index in [1.54, 1.807) is 23.6 Å². The Bertz CT molecular complexity index is 776. The van der Waals surface area contributed by atoms with Crippen molar-refractivity contribution in [3.63, 3.8) is 0 Å². The van der Waals surface area contributed by atoms with E-state index in [0.717, 1.165) is 10.6 Å². The Labute approximate surface area is 150 Å². The lowest BCUT2D eigenvalue weighted by Gasteiger charge is -2.20. The number of carbonyl (C=O) groups excluding carboxylic acids is 2. The summed E-state index contributed by atoms with van der Waals surface area (Å²) in [6, 6.07) is 6.06. The van der Waals surface area contributed by atoms with Crippen LogP contribution in [0.2, 0.25) is 0 Å². The van der Waals surface area contributed by atoms with Gasteiger partial charge in [0, 0.05) is 22.6 Å². The molecule has 0 saturated heterocycles. The number of halogens is 1. The van der Waals surface area contributed by atoms with Crippen molar-refractivity contribution in [1.82, 2.24) is 15.6 Å². The van der Waals surface area contributed by atoms with E-state index in [1.807, 2.05) is 20.8 Å². The molecule has 0 fully saturated rings. The van der Waals surface area contributed by atoms with Gasteiger partial charge >= 0.3 is 0 Å². The molecule has 25 heavy (non-hydrogen) atoms. The molecule has 2 rings (SSSR count). The summed E-state index contributed by atoms with van der Waals surface area (Å²) in [4.78, 5) is 27.8. The van der Waals surface area contributed by atoms with Crippen molar-refractivity contribution >= 4 is 29.2 Å². The highest BCUT2D eigenvalue weighted by molar-refractivity contribution is 7.13. The summed E-state index contributed by atoms with van der Waals surface area (Å²) in [7, 11) is 0. The summed E-state index contributed by atoms with van der Waals surface area (Å²) in [6.07, 6.45) is 2.90. The number of hydrogen-bond acceptors (Lipinski definition) is 4. The van der Waals surface area contributed by atoms with Gasteiger partial charge in [0.05, 0.1) is 12.2 Å². The molecule has 7 heteroatoms. The van der Waals surface area contributed by atoms with Crippen LogP contribution in [0, 0.1) is 5.82 Å². The maximum Gasteiger partial charge on any atom is 0.244 e. The average molecular weight is 361 g/mol. The molecule has 0 aliphatic rings. The molecule has 1 aromatic carbocycles. The van der Waals surface area contributed by atoms with Gasteiger partial charge in [-0.05, 0) is 51.1 Å². The van der Waals surface area contributed by atoms with E-state index < -0.39 is 0 Å². The molecule has 0 radical (unpaired) electrons. The molecular formula is C18H20FN3O2S. The van der Waals surface area contributed by atoms with E-state index in [4.69, 9.17) is 0 Å². The van der Waals surface area contributed by atoms with Crippen LogP contribution < -0.4 is 10.6 Å². The van der Waals surface area contributed by atoms with Crippen molar-refractivity contribution in [1.29, 1.82) is 0 Å². The van der Waals surface area contributed by atoms with Crippen LogP contribution in [0.5, 0.6) is 0 Å². The third kappa shape index (κ3) is 6.46. The number of nitrogens with one attached hydrogen (secondary N) is 2. The first-order valence-corrected chi connectivity index (χ1v) is 8.59. The second-order valence-electron chi connectivity index (χ2n) is 6.43. The summed E-state index contributed by atoms with van der Waals surface area (Å²) in [6.45, 7) is 5.52. The highest BCUT2D eigenvalue weighted by Gasteiger charge is 2.13. The van der Waals surface area contributed by atoms with Crippen molar-refractivity contribution in [2.75, 3.05) is 6.54 Å². The van der Waals surface area contributed by atoms with Crippen LogP contribution in [-0.4, -0.2) is 28.9 Å². The van der Waals surface area contributed by atoms with Gasteiger partial charge in [0.2, 0.25) is 11.8 Å². The van der Waals surface area contributed by atoms with Crippen molar-refractivity contribution in [3.05, 3.63) is 47.2 Å². The lowest BCUT2D eigenvalue weighted by Crippen LogP contribution is -2.45. The number of hydrogen-bond donors (Lipinski definition) is 2. The van der Waals surface area contributed by atoms with Crippen molar-refractivity contribution < 1.29 is 14.0 Å². The number of amides is 2. The van der Waals surface area contributed by atoms with Gasteiger partial charge in [-0.2, -0.15) is 0 Å². The molecule has 5 nitrogen and oxygen atoms in total. The van der Waals surface area contributed by atoms with Crippen LogP contribution in [-0.2, 0) is 9.59 Å². The third-order valence-corrected chi connectivity index (χ3v) is 3.87. The zero-order valence-electron chi connectivity index (χ0n) is 14.3. The van der Waals surface area contributed by atoms with E-state index in [-0.39, 0.29) is 29.7 Å². The van der Waals surface area contributed by atoms with Gasteiger partial charge in [-0.1, -0.05) is 0 Å². The number of thiazole rings is 1. The number of aromatic nitrogens is 1. The van der Waals surface area contributed by atoms with Gasteiger partial charge < -0.3 is 10.6 Å². The minimum atomic E-state index is -0.375. The minimum absolute atomic E-state index is 0.0850. The fraction of sp³-hybridized carbons (Fsp3) is 0.278. The molecule has 2 amide bonds. The Hall–Kier alpha value is -2.54. The molecular weight excluding hydrogens is 341 g/mol. The van der Waals surface area contributed by atoms with Gasteiger partial charge in [0.1, 0.15) is 10.8 Å². The second kappa shape index (κ2) is 8.02. The molecule has 0 atom stereocenters. The van der Waals surface area contributed by atoms with Crippen LogP contribution in [0.4, 0.5) is 4.39 Å². The molecule has 2 aromatic rings. The van der Waals surface area contributed by atoms with Crippen LogP contribution in [0.25, 0.3) is 16.6 Å².